The lowest BCUT2D eigenvalue weighted by atomic mass is 9.87. The molecule has 0 atom stereocenters. The van der Waals surface area contributed by atoms with Crippen LogP contribution in [0.15, 0.2) is 66.7 Å². The Hall–Kier alpha value is -3.48. The zero-order valence-corrected chi connectivity index (χ0v) is 18.6. The molecule has 7 heteroatoms. The topological polar surface area (TPSA) is 55.8 Å². The molecular formula is C26H25F3O4. The van der Waals surface area contributed by atoms with Gasteiger partial charge in [0.05, 0.1) is 0 Å². The van der Waals surface area contributed by atoms with Crippen molar-refractivity contribution in [3.05, 3.63) is 77.9 Å². The Morgan fingerprint density at radius 1 is 0.848 bits per heavy atom. The van der Waals surface area contributed by atoms with Gasteiger partial charge in [0.1, 0.15) is 17.2 Å². The van der Waals surface area contributed by atoms with E-state index in [1.54, 1.807) is 18.2 Å². The minimum absolute atomic E-state index is 0.00686. The average molecular weight is 458 g/mol. The standard InChI is InChI=1S/C26H25F3O4/c1-25(2,3)20-9-13-21(14-10-20)32-23-16-19(5-4-18(23)8-15-24(30)31)17-6-11-22(12-7-17)33-26(27,28)29/h4-7,9-14,16H,8,15H2,1-3H3,(H,30,31). The highest BCUT2D eigenvalue weighted by atomic mass is 19.4. The molecule has 3 aromatic carbocycles. The van der Waals surface area contributed by atoms with Crippen molar-refractivity contribution in [1.82, 2.24) is 0 Å². The first kappa shape index (κ1) is 24.2. The molecule has 0 aliphatic rings. The van der Waals surface area contributed by atoms with Crippen LogP contribution in [0.2, 0.25) is 0 Å². The second kappa shape index (κ2) is 9.57. The van der Waals surface area contributed by atoms with Crippen LogP contribution in [0.4, 0.5) is 13.2 Å². The Bertz CT molecular complexity index is 1100. The molecule has 0 bridgehead atoms. The van der Waals surface area contributed by atoms with Gasteiger partial charge in [0.15, 0.2) is 0 Å². The van der Waals surface area contributed by atoms with Gasteiger partial charge >= 0.3 is 12.3 Å². The van der Waals surface area contributed by atoms with E-state index in [-0.39, 0.29) is 24.0 Å². The maximum absolute atomic E-state index is 12.4. The molecule has 0 saturated carbocycles. The number of carboxylic acid groups (broad SMARTS) is 1. The monoisotopic (exact) mass is 458 g/mol. The van der Waals surface area contributed by atoms with Crippen molar-refractivity contribution in [1.29, 1.82) is 0 Å². The summed E-state index contributed by atoms with van der Waals surface area (Å²) in [5, 5.41) is 9.07. The van der Waals surface area contributed by atoms with Crippen molar-refractivity contribution in [2.75, 3.05) is 0 Å². The third-order valence-corrected chi connectivity index (χ3v) is 5.04. The molecule has 174 valence electrons. The molecule has 3 aromatic rings. The van der Waals surface area contributed by atoms with Crippen LogP contribution >= 0.6 is 0 Å². The molecular weight excluding hydrogens is 433 g/mol. The fourth-order valence-corrected chi connectivity index (χ4v) is 3.28. The Morgan fingerprint density at radius 2 is 1.42 bits per heavy atom. The third kappa shape index (κ3) is 7.00. The number of hydrogen-bond donors (Lipinski definition) is 1. The second-order valence-electron chi connectivity index (χ2n) is 8.66. The normalized spacial score (nSPS) is 11.8. The van der Waals surface area contributed by atoms with Gasteiger partial charge in [-0.3, -0.25) is 4.79 Å². The third-order valence-electron chi connectivity index (χ3n) is 5.04. The molecule has 0 aromatic heterocycles. The Kier molecular flexibility index (Phi) is 7.01. The van der Waals surface area contributed by atoms with E-state index in [9.17, 15) is 18.0 Å². The number of ether oxygens (including phenoxy) is 2. The van der Waals surface area contributed by atoms with Crippen molar-refractivity contribution in [2.45, 2.75) is 45.4 Å². The van der Waals surface area contributed by atoms with Crippen LogP contribution in [0.1, 0.15) is 38.3 Å². The van der Waals surface area contributed by atoms with Gasteiger partial charge in [-0.25, -0.2) is 0 Å². The number of carbonyl (C=O) groups is 1. The first-order valence-electron chi connectivity index (χ1n) is 10.4. The lowest BCUT2D eigenvalue weighted by molar-refractivity contribution is -0.274. The van der Waals surface area contributed by atoms with Gasteiger partial charge in [-0.2, -0.15) is 0 Å². The number of rotatable bonds is 7. The van der Waals surface area contributed by atoms with Crippen molar-refractivity contribution in [2.24, 2.45) is 0 Å². The number of halogens is 3. The summed E-state index contributed by atoms with van der Waals surface area (Å²) >= 11 is 0. The number of aliphatic carboxylic acids is 1. The predicted molar refractivity (Wildman–Crippen MR) is 120 cm³/mol. The summed E-state index contributed by atoms with van der Waals surface area (Å²) < 4.78 is 47.2. The molecule has 0 aliphatic heterocycles. The molecule has 0 aliphatic carbocycles. The maximum Gasteiger partial charge on any atom is 0.573 e. The molecule has 33 heavy (non-hydrogen) atoms. The number of aryl methyl sites for hydroxylation is 1. The molecule has 3 rings (SSSR count). The average Bonchev–Trinajstić information content (AvgIpc) is 2.72. The van der Waals surface area contributed by atoms with Gasteiger partial charge in [-0.1, -0.05) is 57.2 Å². The quantitative estimate of drug-likeness (QED) is 0.402. The number of alkyl halides is 3. The van der Waals surface area contributed by atoms with Gasteiger partial charge < -0.3 is 14.6 Å². The molecule has 0 spiro atoms. The minimum Gasteiger partial charge on any atom is -0.481 e. The first-order valence-corrected chi connectivity index (χ1v) is 10.4. The summed E-state index contributed by atoms with van der Waals surface area (Å²) in [6, 6.07) is 18.5. The van der Waals surface area contributed by atoms with E-state index in [1.807, 2.05) is 24.3 Å². The Morgan fingerprint density at radius 3 is 1.97 bits per heavy atom. The highest BCUT2D eigenvalue weighted by Gasteiger charge is 2.31. The smallest absolute Gasteiger partial charge is 0.481 e. The van der Waals surface area contributed by atoms with Gasteiger partial charge in [-0.05, 0) is 64.4 Å². The molecule has 0 unspecified atom stereocenters. The van der Waals surface area contributed by atoms with Crippen LogP contribution in [-0.4, -0.2) is 17.4 Å². The van der Waals surface area contributed by atoms with Crippen molar-refractivity contribution in [3.8, 4) is 28.4 Å². The van der Waals surface area contributed by atoms with Crippen LogP contribution in [-0.2, 0) is 16.6 Å². The van der Waals surface area contributed by atoms with Crippen LogP contribution in [0, 0.1) is 0 Å². The predicted octanol–water partition coefficient (Wildman–Crippen LogP) is 7.36. The lowest BCUT2D eigenvalue weighted by Gasteiger charge is -2.19. The van der Waals surface area contributed by atoms with E-state index in [0.29, 0.717) is 22.6 Å². The molecule has 1 N–H and O–H groups in total. The van der Waals surface area contributed by atoms with E-state index < -0.39 is 12.3 Å². The van der Waals surface area contributed by atoms with E-state index in [1.165, 1.54) is 24.3 Å². The SMILES string of the molecule is CC(C)(C)c1ccc(Oc2cc(-c3ccc(OC(F)(F)F)cc3)ccc2CCC(=O)O)cc1. The summed E-state index contributed by atoms with van der Waals surface area (Å²) in [6.45, 7) is 6.34. The molecule has 0 radical (unpaired) electrons. The Labute approximate surface area is 190 Å². The van der Waals surface area contributed by atoms with Crippen molar-refractivity contribution < 1.29 is 32.5 Å². The van der Waals surface area contributed by atoms with Gasteiger partial charge in [0, 0.05) is 6.42 Å². The number of carboxylic acids is 1. The molecule has 4 nitrogen and oxygen atoms in total. The fourth-order valence-electron chi connectivity index (χ4n) is 3.28. The minimum atomic E-state index is -4.75. The van der Waals surface area contributed by atoms with Crippen LogP contribution < -0.4 is 9.47 Å². The van der Waals surface area contributed by atoms with Crippen LogP contribution in [0.3, 0.4) is 0 Å². The van der Waals surface area contributed by atoms with Gasteiger partial charge in [-0.15, -0.1) is 13.2 Å². The molecule has 0 amide bonds. The van der Waals surface area contributed by atoms with E-state index >= 15 is 0 Å². The summed E-state index contributed by atoms with van der Waals surface area (Å²) in [5.41, 5.74) is 3.25. The van der Waals surface area contributed by atoms with Gasteiger partial charge in [0.2, 0.25) is 0 Å². The molecule has 0 fully saturated rings. The highest BCUT2D eigenvalue weighted by Crippen LogP contribution is 2.34. The summed E-state index contributed by atoms with van der Waals surface area (Å²) in [6.07, 6.45) is -4.53. The van der Waals surface area contributed by atoms with Gasteiger partial charge in [0.25, 0.3) is 0 Å². The van der Waals surface area contributed by atoms with E-state index in [4.69, 9.17) is 9.84 Å². The van der Waals surface area contributed by atoms with E-state index in [0.717, 1.165) is 11.1 Å². The molecule has 0 saturated heterocycles. The summed E-state index contributed by atoms with van der Waals surface area (Å²) in [4.78, 5) is 11.1. The largest absolute Gasteiger partial charge is 0.573 e. The van der Waals surface area contributed by atoms with E-state index in [2.05, 4.69) is 25.5 Å². The second-order valence-corrected chi connectivity index (χ2v) is 8.66. The summed E-state index contributed by atoms with van der Waals surface area (Å²) in [7, 11) is 0. The van der Waals surface area contributed by atoms with Crippen LogP contribution in [0.5, 0.6) is 17.2 Å². The zero-order chi connectivity index (χ0) is 24.2. The first-order chi connectivity index (χ1) is 15.4. The Balaban J connectivity index is 1.90. The van der Waals surface area contributed by atoms with Crippen molar-refractivity contribution in [3.63, 3.8) is 0 Å². The van der Waals surface area contributed by atoms with Crippen LogP contribution in [0.25, 0.3) is 11.1 Å². The highest BCUT2D eigenvalue weighted by molar-refractivity contribution is 5.69. The zero-order valence-electron chi connectivity index (χ0n) is 18.6. The fraction of sp³-hybridized carbons (Fsp3) is 0.269. The van der Waals surface area contributed by atoms with Crippen molar-refractivity contribution >= 4 is 5.97 Å². The summed E-state index contributed by atoms with van der Waals surface area (Å²) in [5.74, 6) is -0.127. The lowest BCUT2D eigenvalue weighted by Crippen LogP contribution is -2.16. The number of hydrogen-bond acceptors (Lipinski definition) is 3. The molecule has 0 heterocycles. The number of benzene rings is 3. The maximum atomic E-state index is 12.4.